The van der Waals surface area contributed by atoms with E-state index in [-0.39, 0.29) is 18.2 Å². The van der Waals surface area contributed by atoms with Crippen molar-refractivity contribution in [1.82, 2.24) is 0 Å². The van der Waals surface area contributed by atoms with E-state index in [1.165, 1.54) is 0 Å². The highest BCUT2D eigenvalue weighted by atomic mass is 16.6. The van der Waals surface area contributed by atoms with E-state index in [0.717, 1.165) is 28.9 Å². The number of hydrogen-bond acceptors (Lipinski definition) is 7. The SMILES string of the molecule is CCCOc1ccc(C2C(C#N)=C(N)Oc3cc(OC(=O)COc4ccccc4C)ccc32)cc1. The fourth-order valence-corrected chi connectivity index (χ4v) is 3.83. The van der Waals surface area contributed by atoms with Crippen LogP contribution < -0.4 is 24.7 Å². The Kier molecular flexibility index (Phi) is 7.22. The molecule has 1 aliphatic heterocycles. The number of benzene rings is 3. The lowest BCUT2D eigenvalue weighted by atomic mass is 9.83. The van der Waals surface area contributed by atoms with Crippen LogP contribution in [0.2, 0.25) is 0 Å². The van der Waals surface area contributed by atoms with Gasteiger partial charge in [-0.2, -0.15) is 5.26 Å². The smallest absolute Gasteiger partial charge is 0.349 e. The summed E-state index contributed by atoms with van der Waals surface area (Å²) in [7, 11) is 0. The van der Waals surface area contributed by atoms with Crippen molar-refractivity contribution in [2.45, 2.75) is 26.2 Å². The number of aryl methyl sites for hydroxylation is 1. The van der Waals surface area contributed by atoms with E-state index in [0.29, 0.717) is 23.7 Å². The number of hydrogen-bond donors (Lipinski definition) is 1. The van der Waals surface area contributed by atoms with Crippen molar-refractivity contribution >= 4 is 5.97 Å². The molecule has 0 saturated carbocycles. The average Bonchev–Trinajstić information content (AvgIpc) is 2.86. The van der Waals surface area contributed by atoms with Crippen LogP contribution in [0.25, 0.3) is 0 Å². The predicted molar refractivity (Wildman–Crippen MR) is 130 cm³/mol. The molecule has 7 heteroatoms. The van der Waals surface area contributed by atoms with Crippen molar-refractivity contribution in [3.05, 3.63) is 94.9 Å². The first kappa shape index (κ1) is 23.7. The second-order valence-electron chi connectivity index (χ2n) is 8.07. The molecule has 2 N–H and O–H groups in total. The molecule has 178 valence electrons. The van der Waals surface area contributed by atoms with Crippen LogP contribution >= 0.6 is 0 Å². The molecule has 3 aromatic rings. The van der Waals surface area contributed by atoms with Gasteiger partial charge in [-0.3, -0.25) is 0 Å². The lowest BCUT2D eigenvalue weighted by Gasteiger charge is -2.26. The third-order valence-electron chi connectivity index (χ3n) is 5.55. The van der Waals surface area contributed by atoms with Gasteiger partial charge in [-0.25, -0.2) is 4.79 Å². The van der Waals surface area contributed by atoms with Gasteiger partial charge in [0.25, 0.3) is 0 Å². The number of nitriles is 1. The summed E-state index contributed by atoms with van der Waals surface area (Å²) in [6, 6.07) is 22.2. The normalized spacial score (nSPS) is 14.4. The summed E-state index contributed by atoms with van der Waals surface area (Å²) >= 11 is 0. The van der Waals surface area contributed by atoms with Crippen LogP contribution in [0, 0.1) is 18.3 Å². The van der Waals surface area contributed by atoms with Gasteiger partial charge in [0.2, 0.25) is 5.88 Å². The molecule has 1 aliphatic rings. The first-order chi connectivity index (χ1) is 17.0. The molecule has 0 fully saturated rings. The van der Waals surface area contributed by atoms with Gasteiger partial charge in [0, 0.05) is 11.6 Å². The average molecular weight is 471 g/mol. The van der Waals surface area contributed by atoms with Gasteiger partial charge in [-0.15, -0.1) is 0 Å². The van der Waals surface area contributed by atoms with Gasteiger partial charge in [-0.1, -0.05) is 43.3 Å². The Hall–Kier alpha value is -4.44. The standard InChI is InChI=1S/C28H26N2O5/c1-3-14-32-20-10-8-19(9-11-20)27-22-13-12-21(15-25(22)35-28(30)23(27)16-29)34-26(31)17-33-24-7-5-4-6-18(24)2/h4-13,15,27H,3,14,17,30H2,1-2H3. The highest BCUT2D eigenvalue weighted by Gasteiger charge is 2.31. The van der Waals surface area contributed by atoms with Crippen molar-refractivity contribution in [3.8, 4) is 29.1 Å². The fraction of sp³-hybridized carbons (Fsp3) is 0.214. The molecule has 0 spiro atoms. The van der Waals surface area contributed by atoms with Gasteiger partial charge in [0.1, 0.15) is 34.6 Å². The summed E-state index contributed by atoms with van der Waals surface area (Å²) in [6.07, 6.45) is 0.915. The van der Waals surface area contributed by atoms with Crippen molar-refractivity contribution in [1.29, 1.82) is 5.26 Å². The van der Waals surface area contributed by atoms with E-state index in [9.17, 15) is 10.1 Å². The number of ether oxygens (including phenoxy) is 4. The Bertz CT molecular complexity index is 1290. The summed E-state index contributed by atoms with van der Waals surface area (Å²) in [5.41, 5.74) is 8.94. The largest absolute Gasteiger partial charge is 0.494 e. The zero-order valence-electron chi connectivity index (χ0n) is 19.6. The minimum atomic E-state index is -0.551. The second-order valence-corrected chi connectivity index (χ2v) is 8.07. The maximum absolute atomic E-state index is 12.3. The molecule has 1 unspecified atom stereocenters. The number of carbonyl (C=O) groups excluding carboxylic acids is 1. The Morgan fingerprint density at radius 3 is 2.51 bits per heavy atom. The van der Waals surface area contributed by atoms with Crippen LogP contribution in [0.5, 0.6) is 23.0 Å². The summed E-state index contributed by atoms with van der Waals surface area (Å²) < 4.78 is 22.4. The van der Waals surface area contributed by atoms with Crippen LogP contribution in [0.4, 0.5) is 0 Å². The monoisotopic (exact) mass is 470 g/mol. The van der Waals surface area contributed by atoms with E-state index in [1.54, 1.807) is 24.3 Å². The second kappa shape index (κ2) is 10.7. The first-order valence-electron chi connectivity index (χ1n) is 11.3. The molecule has 0 aromatic heterocycles. The molecule has 0 aliphatic carbocycles. The number of fused-ring (bicyclic) bond motifs is 1. The molecule has 0 amide bonds. The van der Waals surface area contributed by atoms with E-state index in [4.69, 9.17) is 24.7 Å². The topological polar surface area (TPSA) is 104 Å². The third-order valence-corrected chi connectivity index (χ3v) is 5.55. The summed E-state index contributed by atoms with van der Waals surface area (Å²) in [5.74, 6) is 1.13. The molecular weight excluding hydrogens is 444 g/mol. The lowest BCUT2D eigenvalue weighted by Crippen LogP contribution is -2.21. The number of allylic oxidation sites excluding steroid dienone is 1. The van der Waals surface area contributed by atoms with Crippen LogP contribution in [0.1, 0.15) is 36.0 Å². The van der Waals surface area contributed by atoms with Crippen molar-refractivity contribution in [2.75, 3.05) is 13.2 Å². The Morgan fingerprint density at radius 2 is 1.80 bits per heavy atom. The van der Waals surface area contributed by atoms with Gasteiger partial charge in [0.15, 0.2) is 6.61 Å². The van der Waals surface area contributed by atoms with E-state index >= 15 is 0 Å². The van der Waals surface area contributed by atoms with E-state index in [2.05, 4.69) is 6.07 Å². The molecule has 0 radical (unpaired) electrons. The highest BCUT2D eigenvalue weighted by molar-refractivity contribution is 5.74. The van der Waals surface area contributed by atoms with Crippen LogP contribution in [0.3, 0.4) is 0 Å². The number of carbonyl (C=O) groups is 1. The number of para-hydroxylation sites is 1. The number of esters is 1. The zero-order valence-corrected chi connectivity index (χ0v) is 19.6. The van der Waals surface area contributed by atoms with Crippen LogP contribution in [0.15, 0.2) is 78.2 Å². The summed E-state index contributed by atoms with van der Waals surface area (Å²) in [4.78, 5) is 12.3. The van der Waals surface area contributed by atoms with Gasteiger partial charge < -0.3 is 24.7 Å². The highest BCUT2D eigenvalue weighted by Crippen LogP contribution is 2.43. The van der Waals surface area contributed by atoms with Gasteiger partial charge in [-0.05, 0) is 48.7 Å². The molecule has 0 saturated heterocycles. The zero-order chi connectivity index (χ0) is 24.8. The van der Waals surface area contributed by atoms with Crippen LogP contribution in [-0.4, -0.2) is 19.2 Å². The Labute approximate surface area is 204 Å². The van der Waals surface area contributed by atoms with Crippen molar-refractivity contribution in [3.63, 3.8) is 0 Å². The van der Waals surface area contributed by atoms with E-state index in [1.807, 2.05) is 56.3 Å². The molecule has 4 rings (SSSR count). The predicted octanol–water partition coefficient (Wildman–Crippen LogP) is 4.99. The van der Waals surface area contributed by atoms with Gasteiger partial charge >= 0.3 is 5.97 Å². The molecule has 35 heavy (non-hydrogen) atoms. The molecular formula is C28H26N2O5. The fourth-order valence-electron chi connectivity index (χ4n) is 3.83. The first-order valence-corrected chi connectivity index (χ1v) is 11.3. The Morgan fingerprint density at radius 1 is 1.06 bits per heavy atom. The molecule has 1 atom stereocenters. The molecule has 3 aromatic carbocycles. The molecule has 1 heterocycles. The maximum Gasteiger partial charge on any atom is 0.349 e. The summed E-state index contributed by atoms with van der Waals surface area (Å²) in [5, 5.41) is 9.76. The number of rotatable bonds is 8. The third kappa shape index (κ3) is 5.39. The van der Waals surface area contributed by atoms with Crippen molar-refractivity contribution < 1.29 is 23.7 Å². The lowest BCUT2D eigenvalue weighted by molar-refractivity contribution is -0.136. The molecule has 0 bridgehead atoms. The van der Waals surface area contributed by atoms with Crippen LogP contribution in [-0.2, 0) is 4.79 Å². The quantitative estimate of drug-likeness (QED) is 0.365. The Balaban J connectivity index is 1.53. The minimum absolute atomic E-state index is 0.0164. The number of nitrogens with two attached hydrogens (primary N) is 1. The molecule has 7 nitrogen and oxygen atoms in total. The number of nitrogens with zero attached hydrogens (tertiary/aromatic N) is 1. The maximum atomic E-state index is 12.3. The van der Waals surface area contributed by atoms with Gasteiger partial charge in [0.05, 0.1) is 12.5 Å². The van der Waals surface area contributed by atoms with E-state index < -0.39 is 11.9 Å². The summed E-state index contributed by atoms with van der Waals surface area (Å²) in [6.45, 7) is 4.34. The van der Waals surface area contributed by atoms with Crippen molar-refractivity contribution in [2.24, 2.45) is 5.73 Å². The minimum Gasteiger partial charge on any atom is -0.494 e.